The third kappa shape index (κ3) is 7.05. The third-order valence-corrected chi connectivity index (χ3v) is 5.82. The van der Waals surface area contributed by atoms with Crippen molar-refractivity contribution in [2.75, 3.05) is 0 Å². The lowest BCUT2D eigenvalue weighted by atomic mass is 10.1. The van der Waals surface area contributed by atoms with Crippen molar-refractivity contribution in [2.24, 2.45) is 0 Å². The average molecular weight is 490 g/mol. The van der Waals surface area contributed by atoms with Crippen LogP contribution in [0, 0.1) is 0 Å². The molecule has 4 nitrogen and oxygen atoms in total. The molecule has 8 heteroatoms. The van der Waals surface area contributed by atoms with Gasteiger partial charge in [-0.15, -0.1) is 0 Å². The molecule has 0 radical (unpaired) electrons. The summed E-state index contributed by atoms with van der Waals surface area (Å²) < 4.78 is 0. The number of nitrogens with one attached hydrogen (secondary N) is 1. The van der Waals surface area contributed by atoms with Gasteiger partial charge >= 0.3 is 0 Å². The van der Waals surface area contributed by atoms with Gasteiger partial charge in [0.15, 0.2) is 0 Å². The van der Waals surface area contributed by atoms with Crippen molar-refractivity contribution in [1.82, 2.24) is 10.2 Å². The zero-order valence-corrected chi connectivity index (χ0v) is 20.3. The van der Waals surface area contributed by atoms with Gasteiger partial charge in [0.2, 0.25) is 11.8 Å². The van der Waals surface area contributed by atoms with Crippen LogP contribution in [-0.4, -0.2) is 28.3 Å². The number of rotatable bonds is 6. The SMILES string of the molecule is C[C@H](C(=O)NC(C)(C)C)N(Cc1ccc(Cl)c(Cl)c1)C(=O)Cc1ccc(Cl)c(Cl)c1. The van der Waals surface area contributed by atoms with Gasteiger partial charge in [0.05, 0.1) is 26.5 Å². The first-order valence-electron chi connectivity index (χ1n) is 9.36. The summed E-state index contributed by atoms with van der Waals surface area (Å²) in [7, 11) is 0. The van der Waals surface area contributed by atoms with E-state index in [9.17, 15) is 9.59 Å². The predicted molar refractivity (Wildman–Crippen MR) is 125 cm³/mol. The molecule has 0 aliphatic heterocycles. The van der Waals surface area contributed by atoms with Crippen molar-refractivity contribution in [3.8, 4) is 0 Å². The van der Waals surface area contributed by atoms with E-state index in [0.717, 1.165) is 5.56 Å². The molecule has 0 heterocycles. The van der Waals surface area contributed by atoms with Gasteiger partial charge in [0.25, 0.3) is 0 Å². The number of nitrogens with zero attached hydrogens (tertiary/aromatic N) is 1. The van der Waals surface area contributed by atoms with E-state index in [1.807, 2.05) is 20.8 Å². The van der Waals surface area contributed by atoms with E-state index < -0.39 is 11.6 Å². The van der Waals surface area contributed by atoms with Gasteiger partial charge in [-0.25, -0.2) is 0 Å². The zero-order valence-electron chi connectivity index (χ0n) is 17.2. The Morgan fingerprint density at radius 3 is 1.90 bits per heavy atom. The van der Waals surface area contributed by atoms with Crippen molar-refractivity contribution in [2.45, 2.75) is 52.2 Å². The van der Waals surface area contributed by atoms with Crippen LogP contribution < -0.4 is 5.32 Å². The van der Waals surface area contributed by atoms with E-state index >= 15 is 0 Å². The molecule has 2 amide bonds. The van der Waals surface area contributed by atoms with E-state index in [-0.39, 0.29) is 24.8 Å². The molecule has 30 heavy (non-hydrogen) atoms. The molecule has 0 bridgehead atoms. The van der Waals surface area contributed by atoms with Gasteiger partial charge in [0, 0.05) is 12.1 Å². The smallest absolute Gasteiger partial charge is 0.242 e. The maximum absolute atomic E-state index is 13.2. The minimum absolute atomic E-state index is 0.0748. The Balaban J connectivity index is 2.30. The lowest BCUT2D eigenvalue weighted by molar-refractivity contribution is -0.140. The molecule has 2 aromatic rings. The minimum Gasteiger partial charge on any atom is -0.350 e. The first kappa shape index (κ1) is 24.8. The summed E-state index contributed by atoms with van der Waals surface area (Å²) in [5.74, 6) is -0.471. The Morgan fingerprint density at radius 1 is 0.900 bits per heavy atom. The standard InChI is InChI=1S/C22H24Cl4N2O2/c1-13(21(30)27-22(2,3)4)28(12-15-6-8-17(24)19(26)10-15)20(29)11-14-5-7-16(23)18(25)9-14/h5-10,13H,11-12H2,1-4H3,(H,27,30)/t13-/m1/s1. The first-order chi connectivity index (χ1) is 13.9. The molecule has 2 aromatic carbocycles. The zero-order chi connectivity index (χ0) is 22.6. The molecular weight excluding hydrogens is 466 g/mol. The number of benzene rings is 2. The average Bonchev–Trinajstić information content (AvgIpc) is 2.63. The normalized spacial score (nSPS) is 12.4. The van der Waals surface area contributed by atoms with Crippen LogP contribution in [0.3, 0.4) is 0 Å². The third-order valence-electron chi connectivity index (χ3n) is 4.34. The lowest BCUT2D eigenvalue weighted by Gasteiger charge is -2.31. The molecule has 0 aliphatic rings. The Bertz CT molecular complexity index is 941. The molecule has 2 rings (SSSR count). The number of amides is 2. The fourth-order valence-corrected chi connectivity index (χ4v) is 3.46. The first-order valence-corrected chi connectivity index (χ1v) is 10.9. The summed E-state index contributed by atoms with van der Waals surface area (Å²) in [4.78, 5) is 27.5. The predicted octanol–water partition coefficient (Wildman–Crippen LogP) is 6.17. The van der Waals surface area contributed by atoms with Crippen molar-refractivity contribution in [3.05, 3.63) is 67.6 Å². The van der Waals surface area contributed by atoms with E-state index in [1.165, 1.54) is 4.90 Å². The Labute approximate surface area is 197 Å². The molecule has 0 aromatic heterocycles. The maximum atomic E-state index is 13.2. The quantitative estimate of drug-likeness (QED) is 0.527. The molecule has 162 valence electrons. The fourth-order valence-electron chi connectivity index (χ4n) is 2.82. The van der Waals surface area contributed by atoms with Gasteiger partial charge in [0.1, 0.15) is 6.04 Å². The van der Waals surface area contributed by atoms with Crippen molar-refractivity contribution in [1.29, 1.82) is 0 Å². The second kappa shape index (κ2) is 10.2. The highest BCUT2D eigenvalue weighted by atomic mass is 35.5. The van der Waals surface area contributed by atoms with E-state index in [0.29, 0.717) is 25.7 Å². The highest BCUT2D eigenvalue weighted by molar-refractivity contribution is 6.42. The highest BCUT2D eigenvalue weighted by Crippen LogP contribution is 2.25. The summed E-state index contributed by atoms with van der Waals surface area (Å²) in [6, 6.07) is 9.47. The van der Waals surface area contributed by atoms with Gasteiger partial charge < -0.3 is 10.2 Å². The lowest BCUT2D eigenvalue weighted by Crippen LogP contribution is -2.52. The molecular formula is C22H24Cl4N2O2. The Hall–Kier alpha value is -1.46. The van der Waals surface area contributed by atoms with Crippen molar-refractivity contribution < 1.29 is 9.59 Å². The monoisotopic (exact) mass is 488 g/mol. The van der Waals surface area contributed by atoms with Crippen LogP contribution in [0.15, 0.2) is 36.4 Å². The largest absolute Gasteiger partial charge is 0.350 e. The van der Waals surface area contributed by atoms with Crippen molar-refractivity contribution >= 4 is 58.2 Å². The van der Waals surface area contributed by atoms with Gasteiger partial charge in [-0.2, -0.15) is 0 Å². The molecule has 0 saturated carbocycles. The second-order valence-electron chi connectivity index (χ2n) is 8.11. The maximum Gasteiger partial charge on any atom is 0.242 e. The van der Waals surface area contributed by atoms with Crippen LogP contribution in [0.1, 0.15) is 38.8 Å². The molecule has 0 saturated heterocycles. The minimum atomic E-state index is -0.700. The van der Waals surface area contributed by atoms with E-state index in [4.69, 9.17) is 46.4 Å². The fraction of sp³-hybridized carbons (Fsp3) is 0.364. The van der Waals surface area contributed by atoms with Crippen LogP contribution in [0.2, 0.25) is 20.1 Å². The van der Waals surface area contributed by atoms with Gasteiger partial charge in [-0.05, 0) is 63.1 Å². The Kier molecular flexibility index (Phi) is 8.46. The van der Waals surface area contributed by atoms with Crippen LogP contribution in [0.25, 0.3) is 0 Å². The number of hydrogen-bond donors (Lipinski definition) is 1. The topological polar surface area (TPSA) is 49.4 Å². The van der Waals surface area contributed by atoms with Crippen LogP contribution in [0.5, 0.6) is 0 Å². The summed E-state index contributed by atoms with van der Waals surface area (Å²) in [5, 5.41) is 4.52. The van der Waals surface area contributed by atoms with Gasteiger partial charge in [-0.3, -0.25) is 9.59 Å². The number of carbonyl (C=O) groups excluding carboxylic acids is 2. The molecule has 0 fully saturated rings. The second-order valence-corrected chi connectivity index (χ2v) is 9.74. The van der Waals surface area contributed by atoms with E-state index in [1.54, 1.807) is 43.3 Å². The summed E-state index contributed by atoms with van der Waals surface area (Å²) >= 11 is 24.2. The molecule has 0 aliphatic carbocycles. The summed E-state index contributed by atoms with van der Waals surface area (Å²) in [6.45, 7) is 7.57. The molecule has 1 N–H and O–H groups in total. The number of hydrogen-bond acceptors (Lipinski definition) is 2. The number of halogens is 4. The number of carbonyl (C=O) groups is 2. The van der Waals surface area contributed by atoms with Crippen LogP contribution >= 0.6 is 46.4 Å². The molecule has 1 atom stereocenters. The van der Waals surface area contributed by atoms with E-state index in [2.05, 4.69) is 5.32 Å². The van der Waals surface area contributed by atoms with Gasteiger partial charge in [-0.1, -0.05) is 58.5 Å². The highest BCUT2D eigenvalue weighted by Gasteiger charge is 2.28. The molecule has 0 spiro atoms. The summed E-state index contributed by atoms with van der Waals surface area (Å²) in [5.41, 5.74) is 1.05. The van der Waals surface area contributed by atoms with Crippen LogP contribution in [-0.2, 0) is 22.6 Å². The summed E-state index contributed by atoms with van der Waals surface area (Å²) in [6.07, 6.45) is 0.0748. The van der Waals surface area contributed by atoms with Crippen LogP contribution in [0.4, 0.5) is 0 Å². The molecule has 0 unspecified atom stereocenters. The Morgan fingerprint density at radius 2 is 1.40 bits per heavy atom. The van der Waals surface area contributed by atoms with Crippen molar-refractivity contribution in [3.63, 3.8) is 0 Å².